The van der Waals surface area contributed by atoms with Crippen LogP contribution in [0.3, 0.4) is 0 Å². The summed E-state index contributed by atoms with van der Waals surface area (Å²) in [7, 11) is 8.27. The lowest BCUT2D eigenvalue weighted by Crippen LogP contribution is -2.53. The maximum atomic E-state index is 13.6. The Balaban J connectivity index is 0.000000234. The van der Waals surface area contributed by atoms with Crippen molar-refractivity contribution >= 4 is 117 Å². The van der Waals surface area contributed by atoms with Gasteiger partial charge in [0, 0.05) is 83.6 Å². The number of methoxy groups -OCH3 is 6. The van der Waals surface area contributed by atoms with E-state index in [0.29, 0.717) is 112 Å². The van der Waals surface area contributed by atoms with Gasteiger partial charge in [-0.15, -0.1) is 0 Å². The van der Waals surface area contributed by atoms with Gasteiger partial charge in [0.25, 0.3) is 0 Å². The van der Waals surface area contributed by atoms with Crippen LogP contribution in [0.15, 0.2) is 48.5 Å². The minimum Gasteiger partial charge on any atom is -0.496 e. The van der Waals surface area contributed by atoms with Gasteiger partial charge in [-0.2, -0.15) is 0 Å². The van der Waals surface area contributed by atoms with Crippen LogP contribution < -0.4 is 52.8 Å². The van der Waals surface area contributed by atoms with Gasteiger partial charge in [0.2, 0.25) is 23.6 Å². The summed E-state index contributed by atoms with van der Waals surface area (Å²) in [5, 5.41) is 35.7. The van der Waals surface area contributed by atoms with E-state index in [1.165, 1.54) is 67.0 Å². The lowest BCUT2D eigenvalue weighted by atomic mass is 9.80. The molecule has 8 fully saturated rings. The fourth-order valence-corrected chi connectivity index (χ4v) is 19.7. The third kappa shape index (κ3) is 38.6. The molecule has 6 amide bonds. The molecule has 12 rings (SSSR count). The molecular formula is C102H154N10O26. The second kappa shape index (κ2) is 57.5. The van der Waals surface area contributed by atoms with Crippen molar-refractivity contribution in [2.45, 2.75) is 345 Å². The van der Waals surface area contributed by atoms with E-state index in [2.05, 4.69) is 46.6 Å². The number of carbonyl (C=O) groups is 16. The Morgan fingerprint density at radius 1 is 0.391 bits per heavy atom. The summed E-state index contributed by atoms with van der Waals surface area (Å²) in [4.78, 5) is 199. The maximum absolute atomic E-state index is 13.6. The fourth-order valence-electron chi connectivity index (χ4n) is 19.7. The molecule has 14 N–H and O–H groups in total. The van der Waals surface area contributed by atoms with Gasteiger partial charge < -0.3 is 101 Å². The highest BCUT2D eigenvalue weighted by atomic mass is 16.6. The number of benzene rings is 2. The number of nitrogens with two attached hydrogens (primary N) is 2. The second-order valence-corrected chi connectivity index (χ2v) is 39.9. The quantitative estimate of drug-likeness (QED) is 0.0116. The second-order valence-electron chi connectivity index (χ2n) is 39.9. The van der Waals surface area contributed by atoms with Crippen molar-refractivity contribution in [3.8, 4) is 11.5 Å². The summed E-state index contributed by atoms with van der Waals surface area (Å²) in [6.07, 6.45) is 31.6. The highest BCUT2D eigenvalue weighted by Gasteiger charge is 2.40. The average molecular weight is 1940 g/mol. The molecule has 0 bridgehead atoms. The standard InChI is InChI=1S/C29H38N2O6.C23H38N2O6.C18H30N2O4.C14H25NO4.C10H9NO3.C8H14N2O3/c1-36-27-13-7-11-22-21(27)17-23(30-22)26(33)16-20(14-18-8-4-3-5-9-18)28(34)31-24(29(35)37-2)15-19-10-6-12-25(19)32;1-23(2,3)31-22(29)25-17(13-15-9-6-5-7-10-15)20(27)24-18(21(28)30-4)14-16-11-8-12-19(16)26;1-24-18(23)15(11-13-8-5-9-16(13)21)20-17(22)14(19)10-12-6-3-2-4-7-12;1-14(2,3)19-13(18)15-11(12(16)17)9-10-7-5-4-6-8-10;1-14-9-4-2-3-7-6(9)5-8(11-7)10(12)13;1-13-8(12)6(9)4-5-2-3-10-7(5)11/h7,11,13,17-20,24,30H,3-6,8-10,12,14-16H2,1-2H3,(H,31,34);15-18H,5-14H2,1-4H3,(H,24,27)(H,25,29);12-15H,2-11,19H2,1H3,(H,20,22);10-11H,4-9H2,1-3H3,(H,15,18)(H,16,17);2-5,11H,1H3,(H,12,13);5-6H,2-4,9H2,1H3,(H,10,11)/t19-,20+,24-;16-,17-,18-;13-,14-,15-;11-;;5-,6-/m0000.0/s1. The summed E-state index contributed by atoms with van der Waals surface area (Å²) in [6.45, 7) is 11.2. The maximum Gasteiger partial charge on any atom is 0.408 e. The molecule has 7 saturated carbocycles. The minimum absolute atomic E-state index is 0.0145. The van der Waals surface area contributed by atoms with Gasteiger partial charge >= 0.3 is 48.0 Å². The monoisotopic (exact) mass is 1940 g/mol. The number of nitrogens with one attached hydrogen (secondary N) is 8. The Morgan fingerprint density at radius 3 is 1.12 bits per heavy atom. The van der Waals surface area contributed by atoms with Gasteiger partial charge in [-0.3, -0.25) is 43.2 Å². The molecule has 2 aromatic heterocycles. The molecule has 0 unspecified atom stereocenters. The number of esters is 4. The number of aromatic amines is 2. The number of hydrogen-bond donors (Lipinski definition) is 12. The summed E-state index contributed by atoms with van der Waals surface area (Å²) in [5.41, 5.74) is 12.4. The van der Waals surface area contributed by atoms with Crippen LogP contribution in [-0.2, 0) is 86.0 Å². The van der Waals surface area contributed by atoms with Crippen LogP contribution in [0, 0.1) is 53.3 Å². The first-order valence-electron chi connectivity index (χ1n) is 49.5. The van der Waals surface area contributed by atoms with Crippen molar-refractivity contribution in [3.05, 3.63) is 59.9 Å². The van der Waals surface area contributed by atoms with Crippen molar-refractivity contribution < 1.29 is 125 Å². The lowest BCUT2D eigenvalue weighted by molar-refractivity contribution is -0.146. The number of aromatic carboxylic acids is 1. The zero-order chi connectivity index (χ0) is 101. The number of aromatic nitrogens is 2. The molecule has 3 heterocycles. The zero-order valence-corrected chi connectivity index (χ0v) is 83.0. The molecule has 36 nitrogen and oxygen atoms in total. The highest BCUT2D eigenvalue weighted by Crippen LogP contribution is 2.37. The van der Waals surface area contributed by atoms with Crippen molar-refractivity contribution in [1.29, 1.82) is 0 Å². The van der Waals surface area contributed by atoms with Crippen LogP contribution in [-0.4, -0.2) is 218 Å². The number of carbonyl (C=O) groups excluding carboxylic acids is 14. The zero-order valence-electron chi connectivity index (χ0n) is 83.0. The van der Waals surface area contributed by atoms with Crippen LogP contribution >= 0.6 is 0 Å². The van der Waals surface area contributed by atoms with Gasteiger partial charge in [-0.25, -0.2) is 33.6 Å². The number of aliphatic carboxylic acids is 1. The molecule has 2 aromatic carbocycles. The van der Waals surface area contributed by atoms with E-state index in [1.54, 1.807) is 74.0 Å². The summed E-state index contributed by atoms with van der Waals surface area (Å²) < 4.78 is 40.0. The fraction of sp³-hybridized carbons (Fsp3) is 0.686. The predicted octanol–water partition coefficient (Wildman–Crippen LogP) is 13.5. The largest absolute Gasteiger partial charge is 0.496 e. The van der Waals surface area contributed by atoms with Crippen molar-refractivity contribution in [2.75, 3.05) is 49.2 Å². The van der Waals surface area contributed by atoms with Gasteiger partial charge in [0.1, 0.15) is 82.0 Å². The smallest absolute Gasteiger partial charge is 0.408 e. The number of hydrogen-bond acceptors (Lipinski definition) is 26. The first-order valence-corrected chi connectivity index (χ1v) is 49.5. The first-order chi connectivity index (χ1) is 65.6. The molecule has 0 spiro atoms. The number of H-pyrrole nitrogens is 2. The number of amides is 6. The molecule has 4 aromatic rings. The third-order valence-corrected chi connectivity index (χ3v) is 27.1. The lowest BCUT2D eigenvalue weighted by Gasteiger charge is -2.29. The van der Waals surface area contributed by atoms with Gasteiger partial charge in [-0.05, 0) is 198 Å². The molecule has 138 heavy (non-hydrogen) atoms. The van der Waals surface area contributed by atoms with Crippen molar-refractivity contribution in [2.24, 2.45) is 64.7 Å². The molecule has 7 aliphatic carbocycles. The highest BCUT2D eigenvalue weighted by molar-refractivity contribution is 6.03. The van der Waals surface area contributed by atoms with Crippen LogP contribution in [0.5, 0.6) is 11.5 Å². The average Bonchev–Trinajstić information content (AvgIpc) is 1.68. The van der Waals surface area contributed by atoms with E-state index >= 15 is 0 Å². The normalized spacial score (nSPS) is 20.4. The molecule has 12 atom stereocenters. The summed E-state index contributed by atoms with van der Waals surface area (Å²) in [6, 6.07) is 8.77. The van der Waals surface area contributed by atoms with E-state index < -0.39 is 113 Å². The van der Waals surface area contributed by atoms with E-state index in [4.69, 9.17) is 49.7 Å². The van der Waals surface area contributed by atoms with E-state index in [-0.39, 0.29) is 89.5 Å². The Morgan fingerprint density at radius 2 is 0.761 bits per heavy atom. The van der Waals surface area contributed by atoms with Gasteiger partial charge in [0.15, 0.2) is 5.78 Å². The summed E-state index contributed by atoms with van der Waals surface area (Å²) in [5.74, 6) is -3.34. The van der Waals surface area contributed by atoms with E-state index in [0.717, 1.165) is 150 Å². The van der Waals surface area contributed by atoms with Gasteiger partial charge in [0.05, 0.1) is 54.4 Å². The SMILES string of the molecule is CC(C)(C)OC(=O)N[C@@H](CC1CCCCC1)C(=O)O.COC(=O)[C@@H](N)C[C@@H]1CCNC1=O.COC(=O)[C@H](C[C@@H]1CCCC1=O)NC(=O)[C@@H](CC(=O)c1cc2c(OC)cccc2[nH]1)CC1CCCCC1.COC(=O)[C@H](C[C@@H]1CCCC1=O)NC(=O)[C@@H](N)CC1CCCCC1.COC(=O)[C@H](C[C@@H]1CCCC1=O)NC(=O)[C@H](CC1CCCCC1)NC(=O)OC(C)(C)C.COc1cccc2[nH]c(C(=O)O)cc12. The predicted molar refractivity (Wildman–Crippen MR) is 514 cm³/mol. The Bertz CT molecular complexity index is 4680. The van der Waals surface area contributed by atoms with Gasteiger partial charge in [-0.1, -0.05) is 141 Å². The number of carboxylic acids is 2. The van der Waals surface area contributed by atoms with E-state index in [9.17, 15) is 81.8 Å². The molecular weight excluding hydrogens is 1780 g/mol. The number of rotatable bonds is 35. The number of fused-ring (bicyclic) bond motifs is 2. The number of alkyl carbamates (subject to hydrolysis) is 2. The van der Waals surface area contributed by atoms with Crippen molar-refractivity contribution in [3.63, 3.8) is 0 Å². The van der Waals surface area contributed by atoms with E-state index in [1.807, 2.05) is 30.3 Å². The van der Waals surface area contributed by atoms with Crippen LogP contribution in [0.4, 0.5) is 9.59 Å². The summed E-state index contributed by atoms with van der Waals surface area (Å²) >= 11 is 0. The number of carboxylic acid groups (broad SMARTS) is 2. The minimum atomic E-state index is -0.989. The molecule has 1 saturated heterocycles. The Hall–Kier alpha value is -11.0. The molecule has 768 valence electrons. The molecule has 0 radical (unpaired) electrons. The van der Waals surface area contributed by atoms with Crippen LogP contribution in [0.25, 0.3) is 21.8 Å². The van der Waals surface area contributed by atoms with Crippen LogP contribution in [0.1, 0.15) is 313 Å². The first kappa shape index (κ1) is 114. The molecule has 8 aliphatic rings. The molecule has 1 aliphatic heterocycles. The Kier molecular flexibility index (Phi) is 47.5. The van der Waals surface area contributed by atoms with Crippen LogP contribution in [0.2, 0.25) is 0 Å². The molecule has 36 heteroatoms. The number of Topliss-reactive ketones (excluding diaryl/α,β-unsaturated/α-hetero) is 4. The number of ether oxygens (including phenoxy) is 8. The topological polar surface area (TPSA) is 543 Å². The number of ketones is 4. The third-order valence-electron chi connectivity index (χ3n) is 27.1. The Labute approximate surface area is 810 Å². The van der Waals surface area contributed by atoms with Crippen molar-refractivity contribution in [1.82, 2.24) is 41.9 Å².